The number of hydrogen-bond acceptors (Lipinski definition) is 1. The predicted molar refractivity (Wildman–Crippen MR) is 81.9 cm³/mol. The summed E-state index contributed by atoms with van der Waals surface area (Å²) in [5.74, 6) is 6.37. The van der Waals surface area contributed by atoms with Gasteiger partial charge in [0, 0.05) is 0 Å². The summed E-state index contributed by atoms with van der Waals surface area (Å²) in [5.41, 5.74) is 1.49. The standard InChI is InChI=1S/C19H26O/c1-20-18-5-2-13(3-6-18)4-7-19-16-9-14-8-15(11-16)12-17(19)10-14/h2-3,5-6,14-17,19H,4,7-12H2,1H3. The number of aryl methyl sites for hydroxylation is 1. The summed E-state index contributed by atoms with van der Waals surface area (Å²) < 4.78 is 5.24. The molecule has 4 saturated carbocycles. The lowest BCUT2D eigenvalue weighted by molar-refractivity contribution is -0.0394. The van der Waals surface area contributed by atoms with Gasteiger partial charge in [-0.2, -0.15) is 0 Å². The van der Waals surface area contributed by atoms with Crippen LogP contribution < -0.4 is 4.74 Å². The first-order valence-electron chi connectivity index (χ1n) is 8.44. The Hall–Kier alpha value is -0.980. The second-order valence-corrected chi connectivity index (χ2v) is 7.48. The van der Waals surface area contributed by atoms with E-state index in [1.165, 1.54) is 18.4 Å². The van der Waals surface area contributed by atoms with Crippen molar-refractivity contribution in [1.82, 2.24) is 0 Å². The lowest BCUT2D eigenvalue weighted by Gasteiger charge is -2.54. The Morgan fingerprint density at radius 3 is 2.05 bits per heavy atom. The molecule has 20 heavy (non-hydrogen) atoms. The minimum atomic E-state index is 0.975. The molecule has 1 aromatic carbocycles. The van der Waals surface area contributed by atoms with Crippen molar-refractivity contribution in [2.75, 3.05) is 7.11 Å². The van der Waals surface area contributed by atoms with E-state index in [9.17, 15) is 0 Å². The van der Waals surface area contributed by atoms with Crippen molar-refractivity contribution in [1.29, 1.82) is 0 Å². The molecule has 0 unspecified atom stereocenters. The Morgan fingerprint density at radius 1 is 0.900 bits per heavy atom. The highest BCUT2D eigenvalue weighted by molar-refractivity contribution is 5.27. The van der Waals surface area contributed by atoms with Crippen LogP contribution in [-0.2, 0) is 6.42 Å². The highest BCUT2D eigenvalue weighted by Crippen LogP contribution is 2.57. The lowest BCUT2D eigenvalue weighted by atomic mass is 9.51. The minimum Gasteiger partial charge on any atom is -0.497 e. The van der Waals surface area contributed by atoms with Gasteiger partial charge in [0.05, 0.1) is 7.11 Å². The van der Waals surface area contributed by atoms with Gasteiger partial charge in [-0.05, 0) is 92.2 Å². The van der Waals surface area contributed by atoms with E-state index in [2.05, 4.69) is 24.3 Å². The van der Waals surface area contributed by atoms with Crippen LogP contribution >= 0.6 is 0 Å². The first-order valence-corrected chi connectivity index (χ1v) is 8.44. The number of benzene rings is 1. The van der Waals surface area contributed by atoms with Crippen molar-refractivity contribution in [3.63, 3.8) is 0 Å². The van der Waals surface area contributed by atoms with Gasteiger partial charge in [-0.3, -0.25) is 0 Å². The van der Waals surface area contributed by atoms with Crippen LogP contribution in [0.25, 0.3) is 0 Å². The highest BCUT2D eigenvalue weighted by Gasteiger charge is 2.47. The SMILES string of the molecule is COc1ccc(CCC2C3CC4CC(C3)CC2C4)cc1. The topological polar surface area (TPSA) is 9.23 Å². The van der Waals surface area contributed by atoms with Crippen molar-refractivity contribution in [3.8, 4) is 5.75 Å². The molecule has 1 aromatic rings. The Bertz CT molecular complexity index is 433. The van der Waals surface area contributed by atoms with Crippen LogP contribution in [0.2, 0.25) is 0 Å². The Morgan fingerprint density at radius 2 is 1.50 bits per heavy atom. The number of ether oxygens (including phenoxy) is 1. The molecule has 4 bridgehead atoms. The number of methoxy groups -OCH3 is 1. The molecule has 0 atom stereocenters. The minimum absolute atomic E-state index is 0.975. The fourth-order valence-corrected chi connectivity index (χ4v) is 5.63. The maximum absolute atomic E-state index is 5.24. The van der Waals surface area contributed by atoms with Gasteiger partial charge < -0.3 is 4.74 Å². The van der Waals surface area contributed by atoms with Gasteiger partial charge >= 0.3 is 0 Å². The molecule has 0 aliphatic heterocycles. The van der Waals surface area contributed by atoms with E-state index >= 15 is 0 Å². The monoisotopic (exact) mass is 270 g/mol. The second kappa shape index (κ2) is 5.09. The number of rotatable bonds is 4. The van der Waals surface area contributed by atoms with Gasteiger partial charge in [-0.1, -0.05) is 12.1 Å². The largest absolute Gasteiger partial charge is 0.497 e. The van der Waals surface area contributed by atoms with Crippen molar-refractivity contribution in [2.45, 2.75) is 44.9 Å². The third-order valence-corrected chi connectivity index (χ3v) is 6.35. The molecule has 108 valence electrons. The normalized spacial score (nSPS) is 38.1. The van der Waals surface area contributed by atoms with Gasteiger partial charge in [0.25, 0.3) is 0 Å². The van der Waals surface area contributed by atoms with Crippen LogP contribution in [0.5, 0.6) is 5.75 Å². The summed E-state index contributed by atoms with van der Waals surface area (Å²) in [6, 6.07) is 8.70. The van der Waals surface area contributed by atoms with Gasteiger partial charge in [0.1, 0.15) is 5.75 Å². The molecule has 0 aromatic heterocycles. The highest BCUT2D eigenvalue weighted by atomic mass is 16.5. The molecule has 0 saturated heterocycles. The van der Waals surface area contributed by atoms with E-state index in [1.807, 2.05) is 0 Å². The van der Waals surface area contributed by atoms with Crippen molar-refractivity contribution >= 4 is 0 Å². The molecule has 0 radical (unpaired) electrons. The zero-order chi connectivity index (χ0) is 13.5. The Balaban J connectivity index is 1.39. The first-order chi connectivity index (χ1) is 9.81. The molecule has 1 nitrogen and oxygen atoms in total. The van der Waals surface area contributed by atoms with Gasteiger partial charge in [0.15, 0.2) is 0 Å². The Kier molecular flexibility index (Phi) is 3.24. The fraction of sp³-hybridized carbons (Fsp3) is 0.684. The fourth-order valence-electron chi connectivity index (χ4n) is 5.63. The zero-order valence-electron chi connectivity index (χ0n) is 12.6. The van der Waals surface area contributed by atoms with E-state index in [0.29, 0.717) is 0 Å². The van der Waals surface area contributed by atoms with Crippen molar-refractivity contribution in [2.24, 2.45) is 29.6 Å². The van der Waals surface area contributed by atoms with Gasteiger partial charge in [-0.15, -0.1) is 0 Å². The quantitative estimate of drug-likeness (QED) is 0.770. The molecule has 1 heteroatoms. The molecule has 0 amide bonds. The summed E-state index contributed by atoms with van der Waals surface area (Å²) in [7, 11) is 1.74. The maximum atomic E-state index is 5.24. The third kappa shape index (κ3) is 2.25. The molecular weight excluding hydrogens is 244 g/mol. The summed E-state index contributed by atoms with van der Waals surface area (Å²) in [6.45, 7) is 0. The average Bonchev–Trinajstić information content (AvgIpc) is 2.46. The van der Waals surface area contributed by atoms with Crippen LogP contribution in [0.4, 0.5) is 0 Å². The van der Waals surface area contributed by atoms with E-state index in [-0.39, 0.29) is 0 Å². The zero-order valence-corrected chi connectivity index (χ0v) is 12.6. The molecule has 0 spiro atoms. The molecule has 4 aliphatic carbocycles. The van der Waals surface area contributed by atoms with E-state index < -0.39 is 0 Å². The predicted octanol–water partition coefficient (Wildman–Crippen LogP) is 4.70. The smallest absolute Gasteiger partial charge is 0.118 e. The van der Waals surface area contributed by atoms with Crippen LogP contribution in [0.1, 0.15) is 44.1 Å². The third-order valence-electron chi connectivity index (χ3n) is 6.35. The van der Waals surface area contributed by atoms with Crippen LogP contribution in [0.3, 0.4) is 0 Å². The van der Waals surface area contributed by atoms with E-state index in [1.54, 1.807) is 39.2 Å². The van der Waals surface area contributed by atoms with E-state index in [0.717, 1.165) is 35.3 Å². The van der Waals surface area contributed by atoms with E-state index in [4.69, 9.17) is 4.74 Å². The van der Waals surface area contributed by atoms with Crippen LogP contribution in [0.15, 0.2) is 24.3 Å². The second-order valence-electron chi connectivity index (χ2n) is 7.48. The molecule has 0 heterocycles. The number of hydrogen-bond donors (Lipinski definition) is 0. The summed E-state index contributed by atoms with van der Waals surface area (Å²) in [6.07, 6.45) is 10.5. The molecule has 5 rings (SSSR count). The Labute approximate surface area is 122 Å². The molecule has 4 aliphatic rings. The van der Waals surface area contributed by atoms with Gasteiger partial charge in [-0.25, -0.2) is 0 Å². The van der Waals surface area contributed by atoms with Gasteiger partial charge in [0.2, 0.25) is 0 Å². The summed E-state index contributed by atoms with van der Waals surface area (Å²) in [4.78, 5) is 0. The molecular formula is C19H26O. The van der Waals surface area contributed by atoms with Crippen molar-refractivity contribution < 1.29 is 4.74 Å². The molecule has 0 N–H and O–H groups in total. The summed E-state index contributed by atoms with van der Waals surface area (Å²) >= 11 is 0. The summed E-state index contributed by atoms with van der Waals surface area (Å²) in [5, 5.41) is 0. The average molecular weight is 270 g/mol. The van der Waals surface area contributed by atoms with Crippen LogP contribution in [0, 0.1) is 29.6 Å². The maximum Gasteiger partial charge on any atom is 0.118 e. The lowest BCUT2D eigenvalue weighted by Crippen LogP contribution is -2.45. The first kappa shape index (κ1) is 12.7. The van der Waals surface area contributed by atoms with Crippen LogP contribution in [-0.4, -0.2) is 7.11 Å². The molecule has 4 fully saturated rings. The van der Waals surface area contributed by atoms with Crippen molar-refractivity contribution in [3.05, 3.63) is 29.8 Å².